The number of nitrogens with zero attached hydrogens (tertiary/aromatic N) is 3. The highest BCUT2D eigenvalue weighted by atomic mass is 32.2. The number of ether oxygens (including phenoxy) is 1. The molecule has 0 bridgehead atoms. The predicted octanol–water partition coefficient (Wildman–Crippen LogP) is 0.469. The molecule has 1 aliphatic heterocycles. The van der Waals surface area contributed by atoms with E-state index in [1.807, 2.05) is 25.7 Å². The van der Waals surface area contributed by atoms with Gasteiger partial charge >= 0.3 is 0 Å². The van der Waals surface area contributed by atoms with Crippen molar-refractivity contribution in [2.24, 2.45) is 0 Å². The highest BCUT2D eigenvalue weighted by Crippen LogP contribution is 2.31. The largest absolute Gasteiger partial charge is 0.473 e. The first kappa shape index (κ1) is 14.8. The summed E-state index contributed by atoms with van der Waals surface area (Å²) in [6, 6.07) is -0.169. The smallest absolute Gasteiger partial charge is 0.242 e. The second kappa shape index (κ2) is 5.43. The molecule has 112 valence electrons. The maximum atomic E-state index is 11.6. The van der Waals surface area contributed by atoms with Crippen molar-refractivity contribution in [3.8, 4) is 5.88 Å². The maximum absolute atomic E-state index is 11.6. The molecule has 1 aromatic rings. The molecule has 0 spiro atoms. The molecule has 2 N–H and O–H groups in total. The third-order valence-corrected chi connectivity index (χ3v) is 4.91. The molecule has 2 heterocycles. The fourth-order valence-corrected chi connectivity index (χ4v) is 3.79. The van der Waals surface area contributed by atoms with Crippen LogP contribution in [0.5, 0.6) is 5.88 Å². The topological polar surface area (TPSA) is 98.4 Å². The lowest BCUT2D eigenvalue weighted by atomic mass is 10.3. The zero-order valence-electron chi connectivity index (χ0n) is 11.9. The summed E-state index contributed by atoms with van der Waals surface area (Å²) in [6.07, 6.45) is 1.35. The van der Waals surface area contributed by atoms with Crippen molar-refractivity contribution in [2.45, 2.75) is 32.9 Å². The van der Waals surface area contributed by atoms with Crippen LogP contribution in [0.1, 0.15) is 20.8 Å². The highest BCUT2D eigenvalue weighted by molar-refractivity contribution is 7.91. The van der Waals surface area contributed by atoms with Crippen LogP contribution in [0, 0.1) is 0 Å². The van der Waals surface area contributed by atoms with Crippen LogP contribution < -0.4 is 15.4 Å². The van der Waals surface area contributed by atoms with Gasteiger partial charge in [0.15, 0.2) is 15.7 Å². The van der Waals surface area contributed by atoms with E-state index >= 15 is 0 Å². The number of rotatable bonds is 3. The molecule has 8 heteroatoms. The normalized spacial score (nSPS) is 22.0. The molecular weight excluding hydrogens is 280 g/mol. The van der Waals surface area contributed by atoms with Gasteiger partial charge in [0.05, 0.1) is 17.6 Å². The number of nitrogens with two attached hydrogens (primary N) is 1. The predicted molar refractivity (Wildman–Crippen MR) is 77.7 cm³/mol. The molecule has 1 atom stereocenters. The number of aromatic nitrogens is 2. The average molecular weight is 300 g/mol. The molecule has 20 heavy (non-hydrogen) atoms. The molecule has 1 aliphatic rings. The molecule has 0 aromatic carbocycles. The third kappa shape index (κ3) is 3.12. The molecule has 7 nitrogen and oxygen atoms in total. The number of hydrogen-bond donors (Lipinski definition) is 1. The van der Waals surface area contributed by atoms with Crippen LogP contribution in [-0.4, -0.2) is 48.6 Å². The Kier molecular flexibility index (Phi) is 4.03. The lowest BCUT2D eigenvalue weighted by Crippen LogP contribution is -2.47. The molecule has 0 saturated carbocycles. The Labute approximate surface area is 119 Å². The molecule has 2 rings (SSSR count). The SMILES string of the molecule is CC(C)Oc1ncnc(N2CCS(=O)(=O)CC2C)c1N. The Hall–Kier alpha value is -1.57. The zero-order valence-corrected chi connectivity index (χ0v) is 12.7. The highest BCUT2D eigenvalue weighted by Gasteiger charge is 2.30. The van der Waals surface area contributed by atoms with Crippen molar-refractivity contribution < 1.29 is 13.2 Å². The summed E-state index contributed by atoms with van der Waals surface area (Å²) >= 11 is 0. The summed E-state index contributed by atoms with van der Waals surface area (Å²) in [5, 5.41) is 0. The van der Waals surface area contributed by atoms with Crippen molar-refractivity contribution in [1.29, 1.82) is 0 Å². The fraction of sp³-hybridized carbons (Fsp3) is 0.667. The van der Waals surface area contributed by atoms with E-state index in [4.69, 9.17) is 10.5 Å². The van der Waals surface area contributed by atoms with E-state index in [9.17, 15) is 8.42 Å². The third-order valence-electron chi connectivity index (χ3n) is 3.12. The molecular formula is C12H20N4O3S. The van der Waals surface area contributed by atoms with Crippen LogP contribution in [0.15, 0.2) is 6.33 Å². The van der Waals surface area contributed by atoms with Gasteiger partial charge < -0.3 is 15.4 Å². The van der Waals surface area contributed by atoms with E-state index < -0.39 is 9.84 Å². The lowest BCUT2D eigenvalue weighted by molar-refractivity contribution is 0.234. The molecule has 0 aliphatic carbocycles. The van der Waals surface area contributed by atoms with Gasteiger partial charge in [-0.3, -0.25) is 0 Å². The molecule has 1 unspecified atom stereocenters. The van der Waals surface area contributed by atoms with Gasteiger partial charge in [-0.25, -0.2) is 13.4 Å². The minimum Gasteiger partial charge on any atom is -0.473 e. The van der Waals surface area contributed by atoms with Crippen LogP contribution in [0.25, 0.3) is 0 Å². The second-order valence-electron chi connectivity index (χ2n) is 5.24. The second-order valence-corrected chi connectivity index (χ2v) is 7.47. The van der Waals surface area contributed by atoms with Gasteiger partial charge in [-0.1, -0.05) is 0 Å². The summed E-state index contributed by atoms with van der Waals surface area (Å²) in [5.74, 6) is 1.10. The van der Waals surface area contributed by atoms with Crippen molar-refractivity contribution in [3.63, 3.8) is 0 Å². The van der Waals surface area contributed by atoms with Crippen molar-refractivity contribution in [3.05, 3.63) is 6.33 Å². The summed E-state index contributed by atoms with van der Waals surface area (Å²) in [7, 11) is -2.97. The minimum absolute atomic E-state index is 0.0424. The van der Waals surface area contributed by atoms with Crippen LogP contribution in [0.4, 0.5) is 11.5 Å². The Bertz CT molecular complexity index is 588. The van der Waals surface area contributed by atoms with Crippen LogP contribution in [-0.2, 0) is 9.84 Å². The Morgan fingerprint density at radius 3 is 2.75 bits per heavy atom. The molecule has 1 saturated heterocycles. The van der Waals surface area contributed by atoms with E-state index in [1.165, 1.54) is 6.33 Å². The van der Waals surface area contributed by atoms with Crippen LogP contribution >= 0.6 is 0 Å². The number of sulfone groups is 1. The maximum Gasteiger partial charge on any atom is 0.242 e. The number of anilines is 2. The zero-order chi connectivity index (χ0) is 14.9. The molecule has 0 radical (unpaired) electrons. The average Bonchev–Trinajstić information content (AvgIpc) is 2.31. The quantitative estimate of drug-likeness (QED) is 0.866. The standard InChI is InChI=1S/C12H20N4O3S/c1-8(2)19-12-10(13)11(14-7-15-12)16-4-5-20(17,18)6-9(16)3/h7-9H,4-6,13H2,1-3H3. The summed E-state index contributed by atoms with van der Waals surface area (Å²) in [4.78, 5) is 10.1. The van der Waals surface area contributed by atoms with Gasteiger partial charge in [0.2, 0.25) is 5.88 Å². The summed E-state index contributed by atoms with van der Waals surface area (Å²) in [6.45, 7) is 6.00. The van der Waals surface area contributed by atoms with Crippen molar-refractivity contribution >= 4 is 21.3 Å². The Balaban J connectivity index is 2.29. The van der Waals surface area contributed by atoms with Crippen molar-refractivity contribution in [2.75, 3.05) is 28.7 Å². The van der Waals surface area contributed by atoms with E-state index in [0.29, 0.717) is 23.9 Å². The van der Waals surface area contributed by atoms with Gasteiger partial charge in [-0.2, -0.15) is 4.98 Å². The monoisotopic (exact) mass is 300 g/mol. The fourth-order valence-electron chi connectivity index (χ4n) is 2.23. The summed E-state index contributed by atoms with van der Waals surface area (Å²) < 4.78 is 28.8. The number of nitrogen functional groups attached to an aromatic ring is 1. The van der Waals surface area contributed by atoms with E-state index in [2.05, 4.69) is 9.97 Å². The summed E-state index contributed by atoms with van der Waals surface area (Å²) in [5.41, 5.74) is 6.41. The first-order valence-electron chi connectivity index (χ1n) is 6.54. The van der Waals surface area contributed by atoms with Crippen molar-refractivity contribution in [1.82, 2.24) is 9.97 Å². The van der Waals surface area contributed by atoms with E-state index in [0.717, 1.165) is 0 Å². The van der Waals surface area contributed by atoms with Crippen LogP contribution in [0.3, 0.4) is 0 Å². The lowest BCUT2D eigenvalue weighted by Gasteiger charge is -2.34. The first-order valence-corrected chi connectivity index (χ1v) is 8.36. The van der Waals surface area contributed by atoms with Gasteiger partial charge in [-0.15, -0.1) is 0 Å². The Morgan fingerprint density at radius 2 is 2.15 bits per heavy atom. The van der Waals surface area contributed by atoms with Crippen LogP contribution in [0.2, 0.25) is 0 Å². The van der Waals surface area contributed by atoms with Gasteiger partial charge in [-0.05, 0) is 20.8 Å². The number of hydrogen-bond acceptors (Lipinski definition) is 7. The molecule has 1 aromatic heterocycles. The van der Waals surface area contributed by atoms with E-state index in [1.54, 1.807) is 0 Å². The minimum atomic E-state index is -2.97. The van der Waals surface area contributed by atoms with E-state index in [-0.39, 0.29) is 23.7 Å². The van der Waals surface area contributed by atoms with Gasteiger partial charge in [0, 0.05) is 12.6 Å². The van der Waals surface area contributed by atoms with Gasteiger partial charge in [0.25, 0.3) is 0 Å². The Morgan fingerprint density at radius 1 is 1.45 bits per heavy atom. The molecule has 1 fully saturated rings. The van der Waals surface area contributed by atoms with Gasteiger partial charge in [0.1, 0.15) is 12.0 Å². The first-order chi connectivity index (χ1) is 9.30. The molecule has 0 amide bonds.